The summed E-state index contributed by atoms with van der Waals surface area (Å²) in [6.07, 6.45) is 1.18. The predicted octanol–water partition coefficient (Wildman–Crippen LogP) is 2.46. The first-order valence-electron chi connectivity index (χ1n) is 5.77. The predicted molar refractivity (Wildman–Crippen MR) is 69.9 cm³/mol. The van der Waals surface area contributed by atoms with E-state index in [4.69, 9.17) is 17.3 Å². The molecular formula is C13H15ClFN3. The SMILES string of the molecule is Cn1c(CN)nc(CCc2ccccc2F)c1Cl. The van der Waals surface area contributed by atoms with Crippen molar-refractivity contribution < 1.29 is 4.39 Å². The zero-order chi connectivity index (χ0) is 13.1. The lowest BCUT2D eigenvalue weighted by molar-refractivity contribution is 0.608. The number of nitrogens with two attached hydrogens (primary N) is 1. The van der Waals surface area contributed by atoms with Crippen LogP contribution in [-0.4, -0.2) is 9.55 Å². The molecule has 0 atom stereocenters. The standard InChI is InChI=1S/C13H15ClFN3/c1-18-12(8-16)17-11(13(18)14)7-6-9-4-2-3-5-10(9)15/h2-5H,6-8,16H2,1H3. The molecule has 2 rings (SSSR count). The Morgan fingerprint density at radius 3 is 2.67 bits per heavy atom. The highest BCUT2D eigenvalue weighted by Crippen LogP contribution is 2.19. The van der Waals surface area contributed by atoms with E-state index in [1.807, 2.05) is 13.1 Å². The third-order valence-electron chi connectivity index (χ3n) is 2.96. The number of rotatable bonds is 4. The number of hydrogen-bond acceptors (Lipinski definition) is 2. The van der Waals surface area contributed by atoms with Gasteiger partial charge in [0, 0.05) is 7.05 Å². The summed E-state index contributed by atoms with van der Waals surface area (Å²) in [4.78, 5) is 4.36. The molecule has 1 aromatic heterocycles. The maximum atomic E-state index is 13.5. The number of nitrogens with zero attached hydrogens (tertiary/aromatic N) is 2. The van der Waals surface area contributed by atoms with E-state index >= 15 is 0 Å². The van der Waals surface area contributed by atoms with Crippen molar-refractivity contribution in [1.82, 2.24) is 9.55 Å². The Labute approximate surface area is 110 Å². The smallest absolute Gasteiger partial charge is 0.131 e. The number of halogens is 2. The van der Waals surface area contributed by atoms with Gasteiger partial charge in [-0.25, -0.2) is 9.37 Å². The van der Waals surface area contributed by atoms with E-state index in [2.05, 4.69) is 4.98 Å². The first-order chi connectivity index (χ1) is 8.63. The van der Waals surface area contributed by atoms with Gasteiger partial charge in [0.2, 0.25) is 0 Å². The van der Waals surface area contributed by atoms with Gasteiger partial charge in [-0.2, -0.15) is 0 Å². The highest BCUT2D eigenvalue weighted by Gasteiger charge is 2.12. The van der Waals surface area contributed by atoms with Crippen LogP contribution in [0.25, 0.3) is 0 Å². The number of imidazole rings is 1. The molecule has 0 aliphatic carbocycles. The Kier molecular flexibility index (Phi) is 3.99. The molecule has 0 saturated carbocycles. The molecule has 96 valence electrons. The van der Waals surface area contributed by atoms with E-state index in [-0.39, 0.29) is 5.82 Å². The molecule has 0 radical (unpaired) electrons. The van der Waals surface area contributed by atoms with Crippen LogP contribution in [0.4, 0.5) is 4.39 Å². The van der Waals surface area contributed by atoms with Gasteiger partial charge >= 0.3 is 0 Å². The summed E-state index contributed by atoms with van der Waals surface area (Å²) < 4.78 is 15.2. The molecule has 2 N–H and O–H groups in total. The number of aryl methyl sites for hydroxylation is 2. The second-order valence-electron chi connectivity index (χ2n) is 4.12. The first kappa shape index (κ1) is 13.1. The van der Waals surface area contributed by atoms with Crippen molar-refractivity contribution in [2.75, 3.05) is 0 Å². The van der Waals surface area contributed by atoms with Crippen LogP contribution < -0.4 is 5.73 Å². The number of hydrogen-bond donors (Lipinski definition) is 1. The largest absolute Gasteiger partial charge is 0.324 e. The van der Waals surface area contributed by atoms with Gasteiger partial charge in [0.1, 0.15) is 16.8 Å². The normalized spacial score (nSPS) is 10.9. The maximum absolute atomic E-state index is 13.5. The minimum Gasteiger partial charge on any atom is -0.324 e. The lowest BCUT2D eigenvalue weighted by Gasteiger charge is -2.01. The third kappa shape index (κ3) is 2.54. The quantitative estimate of drug-likeness (QED) is 0.925. The van der Waals surface area contributed by atoms with Crippen molar-refractivity contribution in [3.8, 4) is 0 Å². The minimum atomic E-state index is -0.191. The molecule has 0 amide bonds. The van der Waals surface area contributed by atoms with Crippen molar-refractivity contribution in [2.45, 2.75) is 19.4 Å². The Bertz CT molecular complexity index is 551. The summed E-state index contributed by atoms with van der Waals surface area (Å²) in [6, 6.07) is 6.74. The van der Waals surface area contributed by atoms with E-state index in [0.29, 0.717) is 30.1 Å². The lowest BCUT2D eigenvalue weighted by atomic mass is 10.1. The topological polar surface area (TPSA) is 43.8 Å². The van der Waals surface area contributed by atoms with Crippen molar-refractivity contribution >= 4 is 11.6 Å². The van der Waals surface area contributed by atoms with Gasteiger partial charge < -0.3 is 10.3 Å². The van der Waals surface area contributed by atoms with Crippen molar-refractivity contribution in [2.24, 2.45) is 12.8 Å². The van der Waals surface area contributed by atoms with Gasteiger partial charge in [-0.15, -0.1) is 0 Å². The summed E-state index contributed by atoms with van der Waals surface area (Å²) in [5, 5.41) is 0.576. The molecule has 5 heteroatoms. The van der Waals surface area contributed by atoms with E-state index in [0.717, 1.165) is 11.5 Å². The molecule has 0 aliphatic heterocycles. The summed E-state index contributed by atoms with van der Waals surface area (Å²) in [6.45, 7) is 0.343. The zero-order valence-electron chi connectivity index (χ0n) is 10.2. The van der Waals surface area contributed by atoms with Gasteiger partial charge in [-0.05, 0) is 24.5 Å². The van der Waals surface area contributed by atoms with Gasteiger partial charge in [0.15, 0.2) is 0 Å². The number of aromatic nitrogens is 2. The molecule has 0 unspecified atom stereocenters. The first-order valence-corrected chi connectivity index (χ1v) is 6.14. The average molecular weight is 268 g/mol. The molecule has 0 fully saturated rings. The molecule has 18 heavy (non-hydrogen) atoms. The van der Waals surface area contributed by atoms with Gasteiger partial charge in [0.25, 0.3) is 0 Å². The second kappa shape index (κ2) is 5.50. The molecule has 0 aliphatic rings. The molecule has 0 spiro atoms. The molecule has 1 heterocycles. The molecule has 3 nitrogen and oxygen atoms in total. The van der Waals surface area contributed by atoms with E-state index in [1.54, 1.807) is 16.7 Å². The fourth-order valence-electron chi connectivity index (χ4n) is 1.88. The zero-order valence-corrected chi connectivity index (χ0v) is 10.9. The van der Waals surface area contributed by atoms with Gasteiger partial charge in [-0.3, -0.25) is 0 Å². The fraction of sp³-hybridized carbons (Fsp3) is 0.308. The van der Waals surface area contributed by atoms with Gasteiger partial charge in [0.05, 0.1) is 12.2 Å². The van der Waals surface area contributed by atoms with Crippen molar-refractivity contribution in [3.63, 3.8) is 0 Å². The molecule has 2 aromatic rings. The van der Waals surface area contributed by atoms with Crippen LogP contribution in [0, 0.1) is 5.82 Å². The maximum Gasteiger partial charge on any atom is 0.131 e. The van der Waals surface area contributed by atoms with E-state index in [9.17, 15) is 4.39 Å². The van der Waals surface area contributed by atoms with Crippen LogP contribution in [0.1, 0.15) is 17.1 Å². The highest BCUT2D eigenvalue weighted by molar-refractivity contribution is 6.30. The molecular weight excluding hydrogens is 253 g/mol. The van der Waals surface area contributed by atoms with Crippen LogP contribution in [-0.2, 0) is 26.4 Å². The Hall–Kier alpha value is -1.39. The molecule has 0 saturated heterocycles. The summed E-state index contributed by atoms with van der Waals surface area (Å²) >= 11 is 6.15. The van der Waals surface area contributed by atoms with Gasteiger partial charge in [-0.1, -0.05) is 29.8 Å². The lowest BCUT2D eigenvalue weighted by Crippen LogP contribution is -2.04. The van der Waals surface area contributed by atoms with Crippen LogP contribution in [0.15, 0.2) is 24.3 Å². The summed E-state index contributed by atoms with van der Waals surface area (Å²) in [5.74, 6) is 0.548. The van der Waals surface area contributed by atoms with Crippen LogP contribution in [0.2, 0.25) is 5.15 Å². The summed E-state index contributed by atoms with van der Waals surface area (Å²) in [5.41, 5.74) is 7.00. The minimum absolute atomic E-state index is 0.191. The third-order valence-corrected chi connectivity index (χ3v) is 3.43. The van der Waals surface area contributed by atoms with Crippen LogP contribution >= 0.6 is 11.6 Å². The fourth-order valence-corrected chi connectivity index (χ4v) is 2.11. The van der Waals surface area contributed by atoms with E-state index < -0.39 is 0 Å². The van der Waals surface area contributed by atoms with Crippen molar-refractivity contribution in [3.05, 3.63) is 52.3 Å². The average Bonchev–Trinajstić information content (AvgIpc) is 2.65. The second-order valence-corrected chi connectivity index (χ2v) is 4.48. The highest BCUT2D eigenvalue weighted by atomic mass is 35.5. The van der Waals surface area contributed by atoms with E-state index in [1.165, 1.54) is 6.07 Å². The Balaban J connectivity index is 2.14. The Morgan fingerprint density at radius 1 is 1.33 bits per heavy atom. The van der Waals surface area contributed by atoms with Crippen molar-refractivity contribution in [1.29, 1.82) is 0 Å². The van der Waals surface area contributed by atoms with Crippen LogP contribution in [0.5, 0.6) is 0 Å². The van der Waals surface area contributed by atoms with Crippen LogP contribution in [0.3, 0.4) is 0 Å². The number of benzene rings is 1. The molecule has 1 aromatic carbocycles. The summed E-state index contributed by atoms with van der Waals surface area (Å²) in [7, 11) is 1.82. The molecule has 0 bridgehead atoms. The Morgan fingerprint density at radius 2 is 2.06 bits per heavy atom. The monoisotopic (exact) mass is 267 g/mol.